The van der Waals surface area contributed by atoms with Crippen LogP contribution in [0.3, 0.4) is 0 Å². The van der Waals surface area contributed by atoms with Gasteiger partial charge < -0.3 is 27.1 Å². The lowest BCUT2D eigenvalue weighted by atomic mass is 9.98. The van der Waals surface area contributed by atoms with Crippen LogP contribution in [0.5, 0.6) is 0 Å². The summed E-state index contributed by atoms with van der Waals surface area (Å²) in [5.74, 6) is 1.32. The van der Waals surface area contributed by atoms with Crippen molar-refractivity contribution in [2.45, 2.75) is 0 Å². The predicted molar refractivity (Wildman–Crippen MR) is 503 cm³/mol. The predicted octanol–water partition coefficient (Wildman–Crippen LogP) is 29.4. The van der Waals surface area contributed by atoms with E-state index in [1.54, 1.807) is 0 Å². The highest BCUT2D eigenvalue weighted by Crippen LogP contribution is 2.50. The topological polar surface area (TPSA) is 97.6 Å². The van der Waals surface area contributed by atoms with Crippen LogP contribution in [-0.4, -0.2) is 38.2 Å². The molecule has 0 saturated carbocycles. The van der Waals surface area contributed by atoms with Gasteiger partial charge in [0.15, 0.2) is 11.6 Å². The molecule has 26 rings (SSSR count). The molecule has 10 heteroatoms. The van der Waals surface area contributed by atoms with E-state index < -0.39 is 0 Å². The Balaban J connectivity index is 0.632. The van der Waals surface area contributed by atoms with Crippen molar-refractivity contribution in [1.82, 2.24) is 38.2 Å². The summed E-state index contributed by atoms with van der Waals surface area (Å²) in [5.41, 5.74) is 30.0. The Kier molecular flexibility index (Phi) is 14.7. The van der Waals surface area contributed by atoms with E-state index in [1.807, 2.05) is 24.3 Å². The van der Waals surface area contributed by atoms with E-state index in [4.69, 9.17) is 28.8 Å². The van der Waals surface area contributed by atoms with Gasteiger partial charge in [0.05, 0.1) is 77.3 Å². The molecule has 26 aromatic rings. The zero-order valence-corrected chi connectivity index (χ0v) is 65.5. The Morgan fingerprint density at radius 3 is 1.12 bits per heavy atom. The average molecular weight is 1560 g/mol. The lowest BCUT2D eigenvalue weighted by molar-refractivity contribution is 0.673. The molecule has 8 heterocycles. The fourth-order valence-electron chi connectivity index (χ4n) is 19.7. The van der Waals surface area contributed by atoms with E-state index in [1.165, 1.54) is 5.39 Å². The molecular formula is C112H66N8O2. The highest BCUT2D eigenvalue weighted by Gasteiger charge is 2.29. The Morgan fingerprint density at radius 1 is 0.189 bits per heavy atom. The van der Waals surface area contributed by atoms with Crippen molar-refractivity contribution in [2.24, 2.45) is 0 Å². The maximum absolute atomic E-state index is 7.60. The summed E-state index contributed by atoms with van der Waals surface area (Å²) >= 11 is 0. The number of nitrogens with zero attached hydrogens (tertiary/aromatic N) is 8. The van der Waals surface area contributed by atoms with Gasteiger partial charge in [-0.1, -0.05) is 285 Å². The lowest BCUT2D eigenvalue weighted by Crippen LogP contribution is -2.00. The number of hydrogen-bond acceptors (Lipinski definition) is 6. The molecule has 566 valence electrons. The molecule has 122 heavy (non-hydrogen) atoms. The summed E-state index contributed by atoms with van der Waals surface area (Å²) in [7, 11) is 0. The van der Waals surface area contributed by atoms with Gasteiger partial charge in [-0.15, -0.1) is 0 Å². The quantitative estimate of drug-likeness (QED) is 0.128. The fraction of sp³-hybridized carbons (Fsp3) is 0. The molecule has 0 bridgehead atoms. The van der Waals surface area contributed by atoms with Crippen molar-refractivity contribution in [2.75, 3.05) is 0 Å². The molecule has 8 aromatic heterocycles. The first-order valence-electron chi connectivity index (χ1n) is 41.4. The molecule has 0 spiro atoms. The molecule has 18 aromatic carbocycles. The van der Waals surface area contributed by atoms with Crippen molar-refractivity contribution in [1.29, 1.82) is 0 Å². The van der Waals surface area contributed by atoms with Crippen molar-refractivity contribution in [3.8, 4) is 101 Å². The van der Waals surface area contributed by atoms with Crippen LogP contribution in [-0.2, 0) is 0 Å². The molecule has 0 saturated heterocycles. The molecule has 0 radical (unpaired) electrons. The number of aromatic nitrogens is 8. The standard InChI is InChI=1S/C112H66N8O2/c1-4-24-67(25-5-1)73-30-20-33-77(64-73)118-95-45-17-12-36-81(95)84-57-59-92-101-97(117(106(92)104(84)118)76-54-52-72(53-55-76)111-113-93-43-15-10-39-89(93)102(115-111)70-26-6-2-7-27-70)63-61-88-86-42-23-41-80(108(86)122-110(88)101)69-50-48-68(49-51-69)74-31-21-34-78(65-74)120-98-62-60-87-83-38-14-19-47-99(83)121-109(87)100(98)91-58-56-85-82-37-13-18-46-96(82)119(105(85)107(91)120)79-35-22-32-75(66-79)112-114-94-44-16-11-40-90(94)103(116-112)71-28-8-3-9-29-71/h1-66H. The van der Waals surface area contributed by atoms with Crippen LogP contribution in [0, 0.1) is 0 Å². The first-order valence-corrected chi connectivity index (χ1v) is 41.4. The maximum atomic E-state index is 7.60. The van der Waals surface area contributed by atoms with Gasteiger partial charge in [-0.05, 0) is 143 Å². The Hall–Kier alpha value is -16.6. The van der Waals surface area contributed by atoms with Gasteiger partial charge in [0, 0.05) is 115 Å². The largest absolute Gasteiger partial charge is 0.455 e. The van der Waals surface area contributed by atoms with Crippen LogP contribution in [0.4, 0.5) is 0 Å². The second kappa shape index (κ2) is 26.5. The van der Waals surface area contributed by atoms with Gasteiger partial charge in [0.2, 0.25) is 0 Å². The van der Waals surface area contributed by atoms with Gasteiger partial charge in [-0.3, -0.25) is 0 Å². The van der Waals surface area contributed by atoms with Crippen LogP contribution in [0.2, 0.25) is 0 Å². The molecule has 0 aliphatic carbocycles. The zero-order chi connectivity index (χ0) is 79.8. The zero-order valence-electron chi connectivity index (χ0n) is 65.5. The minimum Gasteiger partial charge on any atom is -0.455 e. The number of rotatable bonds is 11. The maximum Gasteiger partial charge on any atom is 0.160 e. The summed E-state index contributed by atoms with van der Waals surface area (Å²) in [4.78, 5) is 21.2. The summed E-state index contributed by atoms with van der Waals surface area (Å²) in [5, 5.41) is 15.1. The van der Waals surface area contributed by atoms with E-state index in [2.05, 4.69) is 394 Å². The van der Waals surface area contributed by atoms with Crippen molar-refractivity contribution in [3.05, 3.63) is 400 Å². The third-order valence-corrected chi connectivity index (χ3v) is 25.1. The summed E-state index contributed by atoms with van der Waals surface area (Å²) in [6.45, 7) is 0. The Labute approximate surface area is 697 Å². The number of fused-ring (bicyclic) bond motifs is 24. The first kappa shape index (κ1) is 67.6. The molecule has 10 nitrogen and oxygen atoms in total. The molecule has 0 amide bonds. The van der Waals surface area contributed by atoms with E-state index in [0.29, 0.717) is 11.6 Å². The Bertz CT molecular complexity index is 8880. The number of para-hydroxylation sites is 6. The van der Waals surface area contributed by atoms with Gasteiger partial charge in [-0.25, -0.2) is 19.9 Å². The van der Waals surface area contributed by atoms with Crippen LogP contribution in [0.25, 0.3) is 254 Å². The first-order chi connectivity index (χ1) is 60.5. The molecule has 0 aliphatic rings. The van der Waals surface area contributed by atoms with Gasteiger partial charge >= 0.3 is 0 Å². The van der Waals surface area contributed by atoms with Gasteiger partial charge in [0.1, 0.15) is 22.3 Å². The van der Waals surface area contributed by atoms with Crippen LogP contribution >= 0.6 is 0 Å². The van der Waals surface area contributed by atoms with Gasteiger partial charge in [0.25, 0.3) is 0 Å². The average Bonchev–Trinajstić information content (AvgIpc) is 1.53. The third-order valence-electron chi connectivity index (χ3n) is 25.1. The normalized spacial score (nSPS) is 12.1. The molecule has 0 fully saturated rings. The molecule has 0 aliphatic heterocycles. The molecular weight excluding hydrogens is 1490 g/mol. The fourth-order valence-corrected chi connectivity index (χ4v) is 19.7. The lowest BCUT2D eigenvalue weighted by Gasteiger charge is -2.14. The van der Waals surface area contributed by atoms with E-state index in [-0.39, 0.29) is 0 Å². The van der Waals surface area contributed by atoms with Gasteiger partial charge in [-0.2, -0.15) is 0 Å². The molecule has 0 unspecified atom stereocenters. The second-order valence-corrected chi connectivity index (χ2v) is 31.8. The summed E-state index contributed by atoms with van der Waals surface area (Å²) in [6, 6.07) is 144. The molecule has 0 N–H and O–H groups in total. The highest BCUT2D eigenvalue weighted by molar-refractivity contribution is 6.32. The second-order valence-electron chi connectivity index (χ2n) is 31.8. The summed E-state index contributed by atoms with van der Waals surface area (Å²) in [6.07, 6.45) is 0. The smallest absolute Gasteiger partial charge is 0.160 e. The Morgan fingerprint density at radius 2 is 0.557 bits per heavy atom. The highest BCUT2D eigenvalue weighted by atomic mass is 16.3. The van der Waals surface area contributed by atoms with E-state index >= 15 is 0 Å². The minimum atomic E-state index is 0.659. The summed E-state index contributed by atoms with van der Waals surface area (Å²) < 4.78 is 24.5. The number of hydrogen-bond donors (Lipinski definition) is 0. The van der Waals surface area contributed by atoms with Crippen molar-refractivity contribution < 1.29 is 8.83 Å². The van der Waals surface area contributed by atoms with E-state index in [0.717, 1.165) is 237 Å². The van der Waals surface area contributed by atoms with E-state index in [9.17, 15) is 0 Å². The third kappa shape index (κ3) is 10.2. The number of benzene rings is 18. The number of furan rings is 2. The van der Waals surface area contributed by atoms with Crippen molar-refractivity contribution >= 4 is 153 Å². The minimum absolute atomic E-state index is 0.659. The SMILES string of the molecule is c1ccc(-c2cccc(-n3c4ccccc4c4ccc5c6c7oc8c(-c9ccc(-c%10cccc(-n%11c%12ccc%13c%14ccccc%14oc%13c%12c%12ccc%13c%14ccccc%14n(-c%14cccc(-c%15nc(-c%16ccccc%16)c%16ccccc%16n%15)c%14)c%13c%12%11)c%10)cc9)cccc8c7ccc6n(-c6ccc(-c7nc(-c8ccccc8)c8ccccc8n7)cc6)c5c43)c2)cc1. The van der Waals surface area contributed by atoms with Crippen LogP contribution in [0.15, 0.2) is 409 Å². The van der Waals surface area contributed by atoms with Crippen molar-refractivity contribution in [3.63, 3.8) is 0 Å². The van der Waals surface area contributed by atoms with Crippen LogP contribution < -0.4 is 0 Å². The monoisotopic (exact) mass is 1550 g/mol. The molecule has 0 atom stereocenters. The van der Waals surface area contributed by atoms with Crippen LogP contribution in [0.1, 0.15) is 0 Å².